The van der Waals surface area contributed by atoms with Gasteiger partial charge in [-0.1, -0.05) is 12.1 Å². The maximum atomic E-state index is 12.5. The third kappa shape index (κ3) is 4.98. The molecule has 9 heteroatoms. The van der Waals surface area contributed by atoms with Crippen LogP contribution in [0, 0.1) is 5.92 Å². The molecule has 1 aliphatic heterocycles. The van der Waals surface area contributed by atoms with E-state index in [1.165, 1.54) is 11.5 Å². The minimum atomic E-state index is -0.276. The molecule has 1 aliphatic rings. The van der Waals surface area contributed by atoms with Crippen LogP contribution in [-0.2, 0) is 16.0 Å². The molecule has 0 bridgehead atoms. The zero-order chi connectivity index (χ0) is 20.1. The minimum absolute atomic E-state index is 0.0231. The monoisotopic (exact) mass is 403 g/mol. The highest BCUT2D eigenvalue weighted by Crippen LogP contribution is 2.21. The number of benzene rings is 1. The Morgan fingerprint density at radius 3 is 2.79 bits per heavy atom. The molecule has 28 heavy (non-hydrogen) atoms. The minimum Gasteiger partial charge on any atom is -0.497 e. The van der Waals surface area contributed by atoms with Gasteiger partial charge in [-0.2, -0.15) is 4.37 Å². The SMILES string of the molecule is COc1cccc(Cc2nsc(N(C)CC(=O)N3CCC(C(N)=O)CC3)n2)c1. The first kappa shape index (κ1) is 20.1. The topological polar surface area (TPSA) is 102 Å². The molecule has 2 heterocycles. The molecule has 3 rings (SSSR count). The van der Waals surface area contributed by atoms with Gasteiger partial charge in [-0.15, -0.1) is 0 Å². The summed E-state index contributed by atoms with van der Waals surface area (Å²) in [5, 5.41) is 0.707. The average Bonchev–Trinajstić information content (AvgIpc) is 3.16. The molecule has 150 valence electrons. The number of nitrogens with two attached hydrogens (primary N) is 1. The molecule has 1 fully saturated rings. The summed E-state index contributed by atoms with van der Waals surface area (Å²) in [6.07, 6.45) is 1.87. The highest BCUT2D eigenvalue weighted by atomic mass is 32.1. The first-order chi connectivity index (χ1) is 13.5. The molecular weight excluding hydrogens is 378 g/mol. The molecule has 0 aliphatic carbocycles. The molecule has 2 aromatic rings. The summed E-state index contributed by atoms with van der Waals surface area (Å²) >= 11 is 1.28. The Kier molecular flexibility index (Phi) is 6.45. The number of aromatic nitrogens is 2. The second kappa shape index (κ2) is 9.01. The number of methoxy groups -OCH3 is 1. The normalized spacial score (nSPS) is 14.7. The number of nitrogens with zero attached hydrogens (tertiary/aromatic N) is 4. The third-order valence-electron chi connectivity index (χ3n) is 4.90. The first-order valence-corrected chi connectivity index (χ1v) is 9.97. The van der Waals surface area contributed by atoms with E-state index in [0.717, 1.165) is 17.1 Å². The fraction of sp³-hybridized carbons (Fsp3) is 0.474. The number of amides is 2. The molecule has 2 amide bonds. The van der Waals surface area contributed by atoms with Gasteiger partial charge < -0.3 is 20.3 Å². The van der Waals surface area contributed by atoms with E-state index in [1.807, 2.05) is 36.2 Å². The standard InChI is InChI=1S/C19H25N5O3S/c1-23(12-17(25)24-8-6-14(7-9-24)18(20)26)19-21-16(22-28-19)11-13-4-3-5-15(10-13)27-2/h3-5,10,14H,6-9,11-12H2,1-2H3,(H2,20,26). The van der Waals surface area contributed by atoms with Gasteiger partial charge in [0.15, 0.2) is 0 Å². The number of carbonyl (C=O) groups excluding carboxylic acids is 2. The van der Waals surface area contributed by atoms with Gasteiger partial charge >= 0.3 is 0 Å². The van der Waals surface area contributed by atoms with E-state index < -0.39 is 0 Å². The van der Waals surface area contributed by atoms with Crippen molar-refractivity contribution in [3.8, 4) is 5.75 Å². The quantitative estimate of drug-likeness (QED) is 0.748. The van der Waals surface area contributed by atoms with Crippen LogP contribution >= 0.6 is 11.5 Å². The predicted molar refractivity (Wildman–Crippen MR) is 107 cm³/mol. The summed E-state index contributed by atoms with van der Waals surface area (Å²) < 4.78 is 9.65. The van der Waals surface area contributed by atoms with Crippen molar-refractivity contribution in [1.82, 2.24) is 14.3 Å². The molecule has 2 N–H and O–H groups in total. The number of likely N-dealkylation sites (N-methyl/N-ethyl adjacent to an activating group) is 1. The van der Waals surface area contributed by atoms with Gasteiger partial charge in [0.25, 0.3) is 0 Å². The first-order valence-electron chi connectivity index (χ1n) is 9.20. The van der Waals surface area contributed by atoms with Crippen LogP contribution in [0.4, 0.5) is 5.13 Å². The molecule has 1 saturated heterocycles. The van der Waals surface area contributed by atoms with Gasteiger partial charge in [0.2, 0.25) is 16.9 Å². The summed E-state index contributed by atoms with van der Waals surface area (Å²) in [4.78, 5) is 31.9. The van der Waals surface area contributed by atoms with Gasteiger partial charge in [0.1, 0.15) is 11.6 Å². The van der Waals surface area contributed by atoms with E-state index in [1.54, 1.807) is 12.0 Å². The third-order valence-corrected chi connectivity index (χ3v) is 5.77. The number of carbonyl (C=O) groups is 2. The van der Waals surface area contributed by atoms with Gasteiger partial charge in [-0.05, 0) is 30.5 Å². The maximum absolute atomic E-state index is 12.5. The molecular formula is C19H25N5O3S. The number of likely N-dealkylation sites (tertiary alicyclic amines) is 1. The number of anilines is 1. The van der Waals surface area contributed by atoms with E-state index in [-0.39, 0.29) is 24.3 Å². The van der Waals surface area contributed by atoms with Crippen LogP contribution in [0.15, 0.2) is 24.3 Å². The fourth-order valence-electron chi connectivity index (χ4n) is 3.22. The van der Waals surface area contributed by atoms with E-state index >= 15 is 0 Å². The smallest absolute Gasteiger partial charge is 0.242 e. The van der Waals surface area contributed by atoms with Crippen LogP contribution < -0.4 is 15.4 Å². The van der Waals surface area contributed by atoms with Crippen LogP contribution in [0.5, 0.6) is 5.75 Å². The van der Waals surface area contributed by atoms with Crippen molar-refractivity contribution in [2.75, 3.05) is 38.7 Å². The predicted octanol–water partition coefficient (Wildman–Crippen LogP) is 1.30. The Bertz CT molecular complexity index is 832. The van der Waals surface area contributed by atoms with E-state index in [9.17, 15) is 9.59 Å². The Morgan fingerprint density at radius 1 is 1.36 bits per heavy atom. The Morgan fingerprint density at radius 2 is 2.11 bits per heavy atom. The maximum Gasteiger partial charge on any atom is 0.242 e. The van der Waals surface area contributed by atoms with Crippen molar-refractivity contribution in [2.24, 2.45) is 11.7 Å². The summed E-state index contributed by atoms with van der Waals surface area (Å²) in [5.74, 6) is 1.14. The average molecular weight is 404 g/mol. The Balaban J connectivity index is 1.54. The van der Waals surface area contributed by atoms with Gasteiger partial charge in [0.05, 0.1) is 13.7 Å². The van der Waals surface area contributed by atoms with Crippen LogP contribution in [-0.4, -0.2) is 59.9 Å². The van der Waals surface area contributed by atoms with E-state index in [4.69, 9.17) is 10.5 Å². The van der Waals surface area contributed by atoms with Gasteiger partial charge in [0, 0.05) is 44.0 Å². The van der Waals surface area contributed by atoms with Crippen molar-refractivity contribution in [1.29, 1.82) is 0 Å². The van der Waals surface area contributed by atoms with Crippen LogP contribution in [0.25, 0.3) is 0 Å². The second-order valence-electron chi connectivity index (χ2n) is 6.93. The van der Waals surface area contributed by atoms with E-state index in [0.29, 0.717) is 37.5 Å². The van der Waals surface area contributed by atoms with E-state index in [2.05, 4.69) is 9.36 Å². The number of piperidine rings is 1. The highest BCUT2D eigenvalue weighted by Gasteiger charge is 2.26. The van der Waals surface area contributed by atoms with Crippen molar-refractivity contribution in [3.63, 3.8) is 0 Å². The molecule has 0 radical (unpaired) electrons. The molecule has 1 aromatic heterocycles. The van der Waals surface area contributed by atoms with Crippen LogP contribution in [0.1, 0.15) is 24.2 Å². The van der Waals surface area contributed by atoms with Crippen LogP contribution in [0.3, 0.4) is 0 Å². The molecule has 1 aromatic carbocycles. The molecule has 8 nitrogen and oxygen atoms in total. The summed E-state index contributed by atoms with van der Waals surface area (Å²) in [7, 11) is 3.48. The van der Waals surface area contributed by atoms with Crippen LogP contribution in [0.2, 0.25) is 0 Å². The van der Waals surface area contributed by atoms with Crippen molar-refractivity contribution < 1.29 is 14.3 Å². The molecule has 0 spiro atoms. The second-order valence-corrected chi connectivity index (χ2v) is 7.67. The zero-order valence-electron chi connectivity index (χ0n) is 16.1. The highest BCUT2D eigenvalue weighted by molar-refractivity contribution is 7.09. The number of hydrogen-bond acceptors (Lipinski definition) is 7. The number of hydrogen-bond donors (Lipinski definition) is 1. The summed E-state index contributed by atoms with van der Waals surface area (Å²) in [6, 6.07) is 7.80. The summed E-state index contributed by atoms with van der Waals surface area (Å²) in [6.45, 7) is 1.37. The lowest BCUT2D eigenvalue weighted by Gasteiger charge is -2.31. The summed E-state index contributed by atoms with van der Waals surface area (Å²) in [5.41, 5.74) is 6.42. The fourth-order valence-corrected chi connectivity index (χ4v) is 3.86. The molecule has 0 atom stereocenters. The Labute approximate surface area is 168 Å². The van der Waals surface area contributed by atoms with Crippen molar-refractivity contribution >= 4 is 28.5 Å². The van der Waals surface area contributed by atoms with Crippen molar-refractivity contribution in [2.45, 2.75) is 19.3 Å². The van der Waals surface area contributed by atoms with Gasteiger partial charge in [-0.3, -0.25) is 9.59 Å². The molecule has 0 unspecified atom stereocenters. The lowest BCUT2D eigenvalue weighted by Crippen LogP contribution is -2.45. The number of primary amides is 1. The Hall–Kier alpha value is -2.68. The lowest BCUT2D eigenvalue weighted by molar-refractivity contribution is -0.133. The lowest BCUT2D eigenvalue weighted by atomic mass is 9.96. The number of rotatable bonds is 7. The zero-order valence-corrected chi connectivity index (χ0v) is 16.9. The largest absolute Gasteiger partial charge is 0.497 e. The molecule has 0 saturated carbocycles. The van der Waals surface area contributed by atoms with Crippen molar-refractivity contribution in [3.05, 3.63) is 35.7 Å². The number of ether oxygens (including phenoxy) is 1. The van der Waals surface area contributed by atoms with Gasteiger partial charge in [-0.25, -0.2) is 4.98 Å².